The van der Waals surface area contributed by atoms with Gasteiger partial charge < -0.3 is 0 Å². The number of hydrogen-bond acceptors (Lipinski definition) is 1. The van der Waals surface area contributed by atoms with Crippen LogP contribution in [0.2, 0.25) is 0 Å². The number of thiophene rings is 1. The van der Waals surface area contributed by atoms with Crippen molar-refractivity contribution in [3.05, 3.63) is 45.7 Å². The largest absolute Gasteiger partial charge is 0.145 e. The molecule has 0 spiro atoms. The monoisotopic (exact) mass is 220 g/mol. The molecule has 0 aliphatic heterocycles. The first kappa shape index (κ1) is 12.3. The average molecular weight is 220 g/mol. The zero-order valence-corrected chi connectivity index (χ0v) is 10.9. The quantitative estimate of drug-likeness (QED) is 0.627. The van der Waals surface area contributed by atoms with Gasteiger partial charge in [-0.2, -0.15) is 0 Å². The van der Waals surface area contributed by atoms with Gasteiger partial charge in [0.25, 0.3) is 0 Å². The Hall–Kier alpha value is -0.820. The second-order valence-corrected chi connectivity index (χ2v) is 5.30. The van der Waals surface area contributed by atoms with Crippen LogP contribution in [0.1, 0.15) is 41.5 Å². The highest BCUT2D eigenvalue weighted by molar-refractivity contribution is 7.12. The third kappa shape index (κ3) is 2.82. The van der Waals surface area contributed by atoms with Crippen LogP contribution in [0.4, 0.5) is 0 Å². The predicted molar refractivity (Wildman–Crippen MR) is 70.8 cm³/mol. The zero-order chi connectivity index (χ0) is 11.4. The molecule has 0 amide bonds. The van der Waals surface area contributed by atoms with Crippen molar-refractivity contribution in [2.75, 3.05) is 0 Å². The van der Waals surface area contributed by atoms with Crippen molar-refractivity contribution in [2.24, 2.45) is 0 Å². The fourth-order valence-electron chi connectivity index (χ4n) is 2.02. The van der Waals surface area contributed by atoms with Crippen molar-refractivity contribution in [2.45, 2.75) is 40.0 Å². The Morgan fingerprint density at radius 1 is 1.53 bits per heavy atom. The number of aryl methyl sites for hydroxylation is 2. The fourth-order valence-corrected chi connectivity index (χ4v) is 3.32. The molecule has 0 aliphatic carbocycles. The van der Waals surface area contributed by atoms with Crippen LogP contribution < -0.4 is 0 Å². The van der Waals surface area contributed by atoms with E-state index in [-0.39, 0.29) is 0 Å². The van der Waals surface area contributed by atoms with Crippen molar-refractivity contribution in [3.8, 4) is 0 Å². The van der Waals surface area contributed by atoms with E-state index in [1.807, 2.05) is 17.4 Å². The van der Waals surface area contributed by atoms with Gasteiger partial charge in [-0.3, -0.25) is 0 Å². The van der Waals surface area contributed by atoms with Gasteiger partial charge in [0.1, 0.15) is 0 Å². The van der Waals surface area contributed by atoms with Crippen LogP contribution in [0, 0.1) is 13.8 Å². The van der Waals surface area contributed by atoms with Crippen molar-refractivity contribution >= 4 is 11.3 Å². The first-order valence-electron chi connectivity index (χ1n) is 5.46. The van der Waals surface area contributed by atoms with Gasteiger partial charge in [0.2, 0.25) is 0 Å². The van der Waals surface area contributed by atoms with E-state index in [0.29, 0.717) is 5.92 Å². The molecule has 0 nitrogen and oxygen atoms in total. The molecule has 0 bridgehead atoms. The Morgan fingerprint density at radius 2 is 2.20 bits per heavy atom. The lowest BCUT2D eigenvalue weighted by Crippen LogP contribution is -1.97. The van der Waals surface area contributed by atoms with Gasteiger partial charge in [-0.1, -0.05) is 31.2 Å². The van der Waals surface area contributed by atoms with Gasteiger partial charge in [-0.25, -0.2) is 0 Å². The number of allylic oxidation sites excluding steroid dienone is 3. The van der Waals surface area contributed by atoms with E-state index >= 15 is 0 Å². The van der Waals surface area contributed by atoms with Gasteiger partial charge in [0, 0.05) is 15.7 Å². The molecule has 0 saturated carbocycles. The van der Waals surface area contributed by atoms with E-state index in [1.165, 1.54) is 20.9 Å². The van der Waals surface area contributed by atoms with E-state index in [9.17, 15) is 0 Å². The molecule has 1 aromatic rings. The second-order valence-electron chi connectivity index (χ2n) is 4.01. The Kier molecular flexibility index (Phi) is 4.34. The molecule has 0 aromatic carbocycles. The molecule has 0 N–H and O–H groups in total. The minimum absolute atomic E-state index is 0.571. The molecule has 0 radical (unpaired) electrons. The second kappa shape index (κ2) is 5.32. The third-order valence-electron chi connectivity index (χ3n) is 2.73. The van der Waals surface area contributed by atoms with Crippen molar-refractivity contribution < 1.29 is 0 Å². The van der Waals surface area contributed by atoms with E-state index in [0.717, 1.165) is 6.42 Å². The summed E-state index contributed by atoms with van der Waals surface area (Å²) in [7, 11) is 0. The predicted octanol–water partition coefficient (Wildman–Crippen LogP) is 4.99. The lowest BCUT2D eigenvalue weighted by atomic mass is 9.93. The van der Waals surface area contributed by atoms with E-state index in [1.54, 1.807) is 0 Å². The Balaban J connectivity index is 3.07. The molecular weight excluding hydrogens is 200 g/mol. The summed E-state index contributed by atoms with van der Waals surface area (Å²) >= 11 is 1.93. The minimum Gasteiger partial charge on any atom is -0.145 e. The van der Waals surface area contributed by atoms with Crippen molar-refractivity contribution in [1.29, 1.82) is 0 Å². The Bertz CT molecular complexity index is 369. The van der Waals surface area contributed by atoms with Gasteiger partial charge >= 0.3 is 0 Å². The summed E-state index contributed by atoms with van der Waals surface area (Å²) < 4.78 is 0. The summed E-state index contributed by atoms with van der Waals surface area (Å²) in [5, 5.41) is 0. The molecule has 1 aromatic heterocycles. The summed E-state index contributed by atoms with van der Waals surface area (Å²) in [4.78, 5) is 2.93. The number of hydrogen-bond donors (Lipinski definition) is 0. The van der Waals surface area contributed by atoms with Gasteiger partial charge in [0.05, 0.1) is 0 Å². The highest BCUT2D eigenvalue weighted by Crippen LogP contribution is 2.35. The van der Waals surface area contributed by atoms with Gasteiger partial charge in [-0.05, 0) is 38.8 Å². The number of rotatable bonds is 4. The van der Waals surface area contributed by atoms with Crippen LogP contribution in [0.3, 0.4) is 0 Å². The molecule has 0 aliphatic rings. The molecule has 1 unspecified atom stereocenters. The fraction of sp³-hybridized carbons (Fsp3) is 0.429. The highest BCUT2D eigenvalue weighted by atomic mass is 32.1. The molecule has 1 rings (SSSR count). The maximum Gasteiger partial charge on any atom is 0.0149 e. The molecule has 1 heteroatoms. The van der Waals surface area contributed by atoms with Crippen LogP contribution >= 0.6 is 11.3 Å². The van der Waals surface area contributed by atoms with Crippen LogP contribution in [-0.2, 0) is 0 Å². The topological polar surface area (TPSA) is 0 Å². The van der Waals surface area contributed by atoms with E-state index < -0.39 is 0 Å². The van der Waals surface area contributed by atoms with Gasteiger partial charge in [-0.15, -0.1) is 11.3 Å². The maximum absolute atomic E-state index is 3.77. The average Bonchev–Trinajstić information content (AvgIpc) is 2.47. The summed E-state index contributed by atoms with van der Waals surface area (Å²) in [6.07, 6.45) is 5.17. The first-order chi connectivity index (χ1) is 7.10. The summed E-state index contributed by atoms with van der Waals surface area (Å²) in [5.41, 5.74) is 2.85. The molecule has 0 fully saturated rings. The van der Waals surface area contributed by atoms with Crippen molar-refractivity contribution in [3.63, 3.8) is 0 Å². The normalized spacial score (nSPS) is 14.0. The molecular formula is C14H20S. The van der Waals surface area contributed by atoms with Crippen molar-refractivity contribution in [1.82, 2.24) is 0 Å². The molecule has 1 heterocycles. The standard InChI is InChI=1S/C14H20S/c1-6-8-10(3)13(7-2)14-11(4)9-12(5)15-14/h6,8-9,13H,1,7H2,2-5H3/b10-8+. The molecule has 82 valence electrons. The SMILES string of the molecule is C=C/C=C(\C)C(CC)c1sc(C)cc1C. The minimum atomic E-state index is 0.571. The Labute approximate surface area is 97.3 Å². The lowest BCUT2D eigenvalue weighted by Gasteiger charge is -2.15. The van der Waals surface area contributed by atoms with Crippen LogP contribution in [-0.4, -0.2) is 0 Å². The summed E-state index contributed by atoms with van der Waals surface area (Å²) in [6, 6.07) is 2.28. The maximum atomic E-state index is 3.77. The Morgan fingerprint density at radius 3 is 2.60 bits per heavy atom. The van der Waals surface area contributed by atoms with Crippen LogP contribution in [0.5, 0.6) is 0 Å². The van der Waals surface area contributed by atoms with Gasteiger partial charge in [0.15, 0.2) is 0 Å². The van der Waals surface area contributed by atoms with E-state index in [4.69, 9.17) is 0 Å². The molecule has 0 saturated heterocycles. The van der Waals surface area contributed by atoms with E-state index in [2.05, 4.69) is 46.4 Å². The highest BCUT2D eigenvalue weighted by Gasteiger charge is 2.15. The molecule has 15 heavy (non-hydrogen) atoms. The molecule has 1 atom stereocenters. The zero-order valence-electron chi connectivity index (χ0n) is 10.1. The first-order valence-corrected chi connectivity index (χ1v) is 6.28. The lowest BCUT2D eigenvalue weighted by molar-refractivity contribution is 0.769. The third-order valence-corrected chi connectivity index (χ3v) is 4.00. The van der Waals surface area contributed by atoms with Crippen LogP contribution in [0.25, 0.3) is 0 Å². The summed E-state index contributed by atoms with van der Waals surface area (Å²) in [5.74, 6) is 0.571. The van der Waals surface area contributed by atoms with Crippen LogP contribution in [0.15, 0.2) is 30.4 Å². The smallest absolute Gasteiger partial charge is 0.0149 e. The summed E-state index contributed by atoms with van der Waals surface area (Å²) in [6.45, 7) is 12.6.